The number of aryl methyl sites for hydroxylation is 1. The normalized spacial score (nSPS) is 12.0. The van der Waals surface area contributed by atoms with E-state index in [1.807, 2.05) is 6.92 Å². The second kappa shape index (κ2) is 6.25. The largest absolute Gasteiger partial charge is 0.330 e. The van der Waals surface area contributed by atoms with Gasteiger partial charge in [-0.3, -0.25) is 5.10 Å². The molecule has 0 fully saturated rings. The van der Waals surface area contributed by atoms with Crippen LogP contribution in [0, 0.1) is 12.3 Å². The molecule has 4 nitrogen and oxygen atoms in total. The molecule has 1 rings (SSSR count). The minimum absolute atomic E-state index is 0.284. The monoisotopic (exact) mass is 242 g/mol. The van der Waals surface area contributed by atoms with E-state index in [-0.39, 0.29) is 5.41 Å². The van der Waals surface area contributed by atoms with Crippen molar-refractivity contribution in [3.05, 3.63) is 5.82 Å². The second-order valence-electron chi connectivity index (χ2n) is 4.88. The van der Waals surface area contributed by atoms with Crippen LogP contribution in [-0.2, 0) is 0 Å². The Morgan fingerprint density at radius 1 is 1.38 bits per heavy atom. The zero-order valence-corrected chi connectivity index (χ0v) is 11.2. The van der Waals surface area contributed by atoms with E-state index >= 15 is 0 Å². The molecule has 0 spiro atoms. The molecule has 0 aromatic carbocycles. The third-order valence-corrected chi connectivity index (χ3v) is 3.54. The summed E-state index contributed by atoms with van der Waals surface area (Å²) in [6.07, 6.45) is 3.61. The topological polar surface area (TPSA) is 67.6 Å². The predicted octanol–water partition coefficient (Wildman–Crippen LogP) is 2.36. The summed E-state index contributed by atoms with van der Waals surface area (Å²) in [5.41, 5.74) is 5.97. The number of thioether (sulfide) groups is 1. The average Bonchev–Trinajstić information content (AvgIpc) is 2.64. The number of rotatable bonds is 7. The zero-order chi connectivity index (χ0) is 12.0. The molecule has 1 aromatic rings. The van der Waals surface area contributed by atoms with Crippen LogP contribution >= 0.6 is 11.8 Å². The highest BCUT2D eigenvalue weighted by Crippen LogP contribution is 2.22. The first-order valence-electron chi connectivity index (χ1n) is 5.75. The second-order valence-corrected chi connectivity index (χ2v) is 5.94. The number of hydrogen-bond acceptors (Lipinski definition) is 4. The average molecular weight is 242 g/mol. The molecule has 0 bridgehead atoms. The standard InChI is InChI=1S/C11H22N4S/c1-9-13-10(15-14-9)16-7-5-4-6-11(2,3)8-12/h4-8,12H2,1-3H3,(H,13,14,15). The van der Waals surface area contributed by atoms with Gasteiger partial charge in [0.1, 0.15) is 5.82 Å². The van der Waals surface area contributed by atoms with Crippen LogP contribution in [0.5, 0.6) is 0 Å². The summed E-state index contributed by atoms with van der Waals surface area (Å²) in [5.74, 6) is 1.96. The van der Waals surface area contributed by atoms with Crippen molar-refractivity contribution in [3.63, 3.8) is 0 Å². The Kier molecular flexibility index (Phi) is 5.28. The van der Waals surface area contributed by atoms with E-state index < -0.39 is 0 Å². The molecular weight excluding hydrogens is 220 g/mol. The highest BCUT2D eigenvalue weighted by atomic mass is 32.2. The first kappa shape index (κ1) is 13.5. The molecule has 0 radical (unpaired) electrons. The van der Waals surface area contributed by atoms with E-state index in [4.69, 9.17) is 5.73 Å². The third-order valence-electron chi connectivity index (χ3n) is 2.61. The van der Waals surface area contributed by atoms with E-state index in [0.717, 1.165) is 23.3 Å². The van der Waals surface area contributed by atoms with Crippen LogP contribution in [0.3, 0.4) is 0 Å². The van der Waals surface area contributed by atoms with Crippen molar-refractivity contribution in [1.29, 1.82) is 0 Å². The fourth-order valence-electron chi connectivity index (χ4n) is 1.36. The van der Waals surface area contributed by atoms with Crippen molar-refractivity contribution in [1.82, 2.24) is 15.2 Å². The van der Waals surface area contributed by atoms with Gasteiger partial charge in [0.25, 0.3) is 0 Å². The predicted molar refractivity (Wildman–Crippen MR) is 68.5 cm³/mol. The van der Waals surface area contributed by atoms with Crippen LogP contribution in [0.1, 0.15) is 38.9 Å². The van der Waals surface area contributed by atoms with E-state index in [9.17, 15) is 0 Å². The number of hydrogen-bond donors (Lipinski definition) is 2. The van der Waals surface area contributed by atoms with Gasteiger partial charge in [-0.05, 0) is 31.7 Å². The fourth-order valence-corrected chi connectivity index (χ4v) is 2.20. The van der Waals surface area contributed by atoms with Crippen molar-refractivity contribution >= 4 is 11.8 Å². The molecule has 0 saturated heterocycles. The maximum atomic E-state index is 5.69. The minimum Gasteiger partial charge on any atom is -0.330 e. The molecule has 0 unspecified atom stereocenters. The number of nitrogens with one attached hydrogen (secondary N) is 1. The van der Waals surface area contributed by atoms with Gasteiger partial charge in [-0.1, -0.05) is 32.0 Å². The molecule has 0 aliphatic heterocycles. The first-order valence-corrected chi connectivity index (χ1v) is 6.74. The lowest BCUT2D eigenvalue weighted by atomic mass is 9.88. The van der Waals surface area contributed by atoms with Gasteiger partial charge < -0.3 is 5.73 Å². The van der Waals surface area contributed by atoms with Gasteiger partial charge in [0.15, 0.2) is 0 Å². The number of unbranched alkanes of at least 4 members (excludes halogenated alkanes) is 1. The summed E-state index contributed by atoms with van der Waals surface area (Å²) in [6, 6.07) is 0. The number of nitrogens with two attached hydrogens (primary N) is 1. The summed E-state index contributed by atoms with van der Waals surface area (Å²) in [4.78, 5) is 4.25. The van der Waals surface area contributed by atoms with Gasteiger partial charge in [-0.2, -0.15) is 0 Å². The number of nitrogens with zero attached hydrogens (tertiary/aromatic N) is 2. The number of H-pyrrole nitrogens is 1. The van der Waals surface area contributed by atoms with Crippen molar-refractivity contribution in [2.45, 2.75) is 45.2 Å². The maximum Gasteiger partial charge on any atom is 0.208 e. The summed E-state index contributed by atoms with van der Waals surface area (Å²) < 4.78 is 0. The molecule has 92 valence electrons. The quantitative estimate of drug-likeness (QED) is 0.569. The lowest BCUT2D eigenvalue weighted by molar-refractivity contribution is 0.336. The van der Waals surface area contributed by atoms with Crippen LogP contribution in [0.4, 0.5) is 0 Å². The Hall–Kier alpha value is -0.550. The number of aromatic nitrogens is 3. The molecule has 0 aliphatic carbocycles. The molecular formula is C11H22N4S. The molecule has 3 N–H and O–H groups in total. The van der Waals surface area contributed by atoms with Crippen LogP contribution in [0.25, 0.3) is 0 Å². The fraction of sp³-hybridized carbons (Fsp3) is 0.818. The Morgan fingerprint density at radius 3 is 2.69 bits per heavy atom. The van der Waals surface area contributed by atoms with E-state index in [0.29, 0.717) is 0 Å². The molecule has 0 saturated carbocycles. The lowest BCUT2D eigenvalue weighted by Gasteiger charge is -2.21. The Balaban J connectivity index is 2.08. The highest BCUT2D eigenvalue weighted by Gasteiger charge is 2.14. The molecule has 5 heteroatoms. The maximum absolute atomic E-state index is 5.69. The van der Waals surface area contributed by atoms with Gasteiger partial charge in [0.2, 0.25) is 5.16 Å². The third kappa shape index (κ3) is 4.99. The number of aromatic amines is 1. The zero-order valence-electron chi connectivity index (χ0n) is 10.4. The summed E-state index contributed by atoms with van der Waals surface area (Å²) >= 11 is 1.71. The van der Waals surface area contributed by atoms with Crippen LogP contribution < -0.4 is 5.73 Å². The van der Waals surface area contributed by atoms with Crippen molar-refractivity contribution in [2.75, 3.05) is 12.3 Å². The van der Waals surface area contributed by atoms with Crippen LogP contribution in [0.2, 0.25) is 0 Å². The van der Waals surface area contributed by atoms with Crippen LogP contribution in [-0.4, -0.2) is 27.5 Å². The van der Waals surface area contributed by atoms with Crippen molar-refractivity contribution < 1.29 is 0 Å². The summed E-state index contributed by atoms with van der Waals surface area (Å²) in [5, 5.41) is 7.79. The van der Waals surface area contributed by atoms with Crippen LogP contribution in [0.15, 0.2) is 5.16 Å². The Morgan fingerprint density at radius 2 is 2.12 bits per heavy atom. The van der Waals surface area contributed by atoms with E-state index in [1.54, 1.807) is 11.8 Å². The molecule has 0 amide bonds. The molecule has 1 aromatic heterocycles. The smallest absolute Gasteiger partial charge is 0.208 e. The summed E-state index contributed by atoms with van der Waals surface area (Å²) in [7, 11) is 0. The molecule has 1 heterocycles. The van der Waals surface area contributed by atoms with E-state index in [2.05, 4.69) is 29.0 Å². The highest BCUT2D eigenvalue weighted by molar-refractivity contribution is 7.99. The van der Waals surface area contributed by atoms with Gasteiger partial charge in [-0.25, -0.2) is 4.98 Å². The SMILES string of the molecule is Cc1nc(SCCCCC(C)(C)CN)n[nH]1. The Labute approximate surface area is 102 Å². The Bertz CT molecular complexity index is 309. The van der Waals surface area contributed by atoms with Crippen molar-refractivity contribution in [3.8, 4) is 0 Å². The lowest BCUT2D eigenvalue weighted by Crippen LogP contribution is -2.23. The van der Waals surface area contributed by atoms with E-state index in [1.165, 1.54) is 19.3 Å². The summed E-state index contributed by atoms with van der Waals surface area (Å²) in [6.45, 7) is 7.12. The van der Waals surface area contributed by atoms with Gasteiger partial charge in [0, 0.05) is 5.75 Å². The first-order chi connectivity index (χ1) is 7.53. The van der Waals surface area contributed by atoms with Gasteiger partial charge in [-0.15, -0.1) is 5.10 Å². The van der Waals surface area contributed by atoms with Crippen molar-refractivity contribution in [2.24, 2.45) is 11.1 Å². The molecule has 0 atom stereocenters. The molecule has 16 heavy (non-hydrogen) atoms. The minimum atomic E-state index is 0.284. The van der Waals surface area contributed by atoms with Gasteiger partial charge >= 0.3 is 0 Å². The van der Waals surface area contributed by atoms with Gasteiger partial charge in [0.05, 0.1) is 0 Å². The molecule has 0 aliphatic rings.